The molecule has 7 heteroatoms. The fourth-order valence-electron chi connectivity index (χ4n) is 2.11. The Balaban J connectivity index is 1.85. The predicted molar refractivity (Wildman–Crippen MR) is 108 cm³/mol. The van der Waals surface area contributed by atoms with Crippen LogP contribution in [0.4, 0.5) is 11.4 Å². The van der Waals surface area contributed by atoms with E-state index in [2.05, 4.69) is 10.6 Å². The Labute approximate surface area is 162 Å². The topological polar surface area (TPSA) is 67.4 Å². The summed E-state index contributed by atoms with van der Waals surface area (Å²) in [5.41, 5.74) is 1.18. The van der Waals surface area contributed by atoms with Crippen LogP contribution < -0.4 is 15.4 Å². The van der Waals surface area contributed by atoms with Gasteiger partial charge >= 0.3 is 0 Å². The number of ether oxygens (including phenoxy) is 1. The molecule has 5 nitrogen and oxygen atoms in total. The van der Waals surface area contributed by atoms with Crippen LogP contribution in [-0.4, -0.2) is 29.4 Å². The van der Waals surface area contributed by atoms with Crippen LogP contribution in [0.3, 0.4) is 0 Å². The van der Waals surface area contributed by atoms with Crippen molar-refractivity contribution in [1.29, 1.82) is 0 Å². The summed E-state index contributed by atoms with van der Waals surface area (Å²) in [5.74, 6) is 0.375. The van der Waals surface area contributed by atoms with Crippen molar-refractivity contribution in [3.63, 3.8) is 0 Å². The first kappa shape index (κ1) is 20.1. The second-order valence-corrected chi connectivity index (χ2v) is 7.14. The van der Waals surface area contributed by atoms with Gasteiger partial charge in [0.15, 0.2) is 0 Å². The van der Waals surface area contributed by atoms with E-state index in [0.717, 1.165) is 0 Å². The first-order valence-electron chi connectivity index (χ1n) is 8.20. The van der Waals surface area contributed by atoms with Crippen molar-refractivity contribution in [3.05, 3.63) is 53.6 Å². The zero-order valence-electron chi connectivity index (χ0n) is 14.6. The number of hydrogen-bond acceptors (Lipinski definition) is 4. The molecule has 0 radical (unpaired) electrons. The Kier molecular flexibility index (Phi) is 7.81. The molecule has 2 amide bonds. The number of amides is 2. The van der Waals surface area contributed by atoms with Crippen LogP contribution in [0.5, 0.6) is 5.75 Å². The molecule has 0 aliphatic heterocycles. The Morgan fingerprint density at radius 1 is 1.08 bits per heavy atom. The smallest absolute Gasteiger partial charge is 0.237 e. The minimum atomic E-state index is -0.404. The maximum absolute atomic E-state index is 12.2. The van der Waals surface area contributed by atoms with Crippen LogP contribution >= 0.6 is 23.4 Å². The molecule has 2 aromatic rings. The molecule has 0 aliphatic carbocycles. The third kappa shape index (κ3) is 5.97. The summed E-state index contributed by atoms with van der Waals surface area (Å²) in [6, 6.07) is 14.3. The van der Waals surface area contributed by atoms with Crippen LogP contribution in [-0.2, 0) is 9.59 Å². The Morgan fingerprint density at radius 3 is 2.42 bits per heavy atom. The molecule has 0 spiro atoms. The first-order valence-corrected chi connectivity index (χ1v) is 9.62. The SMILES string of the molecule is CCOc1ccccc1NC(=O)CS[C@@H](C)C(=O)Nc1ccccc1Cl. The lowest BCUT2D eigenvalue weighted by molar-refractivity contribution is -0.115. The summed E-state index contributed by atoms with van der Waals surface area (Å²) in [7, 11) is 0. The van der Waals surface area contributed by atoms with E-state index in [1.54, 1.807) is 43.3 Å². The molecular weight excluding hydrogens is 372 g/mol. The number of para-hydroxylation sites is 3. The second-order valence-electron chi connectivity index (χ2n) is 5.40. The van der Waals surface area contributed by atoms with Gasteiger partial charge < -0.3 is 15.4 Å². The summed E-state index contributed by atoms with van der Waals surface area (Å²) in [4.78, 5) is 24.4. The molecule has 0 fully saturated rings. The number of benzene rings is 2. The number of hydrogen-bond donors (Lipinski definition) is 2. The predicted octanol–water partition coefficient (Wildman–Crippen LogP) is 4.44. The van der Waals surface area contributed by atoms with Crippen molar-refractivity contribution >= 4 is 46.6 Å². The van der Waals surface area contributed by atoms with Crippen LogP contribution in [0, 0.1) is 0 Å². The van der Waals surface area contributed by atoms with Crippen LogP contribution in [0.2, 0.25) is 5.02 Å². The molecule has 138 valence electrons. The zero-order chi connectivity index (χ0) is 18.9. The number of rotatable bonds is 8. The highest BCUT2D eigenvalue weighted by Gasteiger charge is 2.17. The summed E-state index contributed by atoms with van der Waals surface area (Å²) in [5, 5.41) is 5.65. The largest absolute Gasteiger partial charge is 0.492 e. The third-order valence-electron chi connectivity index (χ3n) is 3.43. The molecule has 0 saturated heterocycles. The minimum absolute atomic E-state index is 0.150. The van der Waals surface area contributed by atoms with E-state index in [1.165, 1.54) is 11.8 Å². The van der Waals surface area contributed by atoms with Crippen molar-refractivity contribution < 1.29 is 14.3 Å². The van der Waals surface area contributed by atoms with Gasteiger partial charge in [-0.3, -0.25) is 9.59 Å². The molecule has 2 N–H and O–H groups in total. The normalized spacial score (nSPS) is 11.5. The van der Waals surface area contributed by atoms with E-state index < -0.39 is 5.25 Å². The van der Waals surface area contributed by atoms with Crippen molar-refractivity contribution in [2.24, 2.45) is 0 Å². The highest BCUT2D eigenvalue weighted by molar-refractivity contribution is 8.01. The molecule has 2 aromatic carbocycles. The molecule has 0 bridgehead atoms. The molecule has 0 aliphatic rings. The average molecular weight is 393 g/mol. The van der Waals surface area contributed by atoms with Gasteiger partial charge in [0.1, 0.15) is 5.75 Å². The maximum Gasteiger partial charge on any atom is 0.237 e. The molecule has 26 heavy (non-hydrogen) atoms. The molecule has 2 rings (SSSR count). The highest BCUT2D eigenvalue weighted by Crippen LogP contribution is 2.25. The van der Waals surface area contributed by atoms with E-state index in [1.807, 2.05) is 19.1 Å². The van der Waals surface area contributed by atoms with Crippen LogP contribution in [0.25, 0.3) is 0 Å². The number of nitrogens with one attached hydrogen (secondary N) is 2. The third-order valence-corrected chi connectivity index (χ3v) is 4.90. The highest BCUT2D eigenvalue weighted by atomic mass is 35.5. The molecule has 0 saturated carbocycles. The Morgan fingerprint density at radius 2 is 1.73 bits per heavy atom. The van der Waals surface area contributed by atoms with Gasteiger partial charge in [-0.1, -0.05) is 35.9 Å². The second kappa shape index (κ2) is 10.1. The van der Waals surface area contributed by atoms with Gasteiger partial charge in [-0.15, -0.1) is 11.8 Å². The lowest BCUT2D eigenvalue weighted by atomic mass is 10.3. The molecule has 1 atom stereocenters. The van der Waals surface area contributed by atoms with E-state index in [9.17, 15) is 9.59 Å². The van der Waals surface area contributed by atoms with E-state index in [4.69, 9.17) is 16.3 Å². The van der Waals surface area contributed by atoms with Gasteiger partial charge in [-0.2, -0.15) is 0 Å². The first-order chi connectivity index (χ1) is 12.5. The Bertz CT molecular complexity index is 770. The van der Waals surface area contributed by atoms with E-state index in [0.29, 0.717) is 28.8 Å². The van der Waals surface area contributed by atoms with Crippen molar-refractivity contribution in [2.75, 3.05) is 23.0 Å². The summed E-state index contributed by atoms with van der Waals surface area (Å²) < 4.78 is 5.48. The van der Waals surface area contributed by atoms with Gasteiger partial charge in [-0.05, 0) is 38.1 Å². The molecule has 0 unspecified atom stereocenters. The van der Waals surface area contributed by atoms with Crippen LogP contribution in [0.15, 0.2) is 48.5 Å². The van der Waals surface area contributed by atoms with Gasteiger partial charge in [0.25, 0.3) is 0 Å². The standard InChI is InChI=1S/C19H21ClN2O3S/c1-3-25-17-11-7-6-10-16(17)21-18(23)12-26-13(2)19(24)22-15-9-5-4-8-14(15)20/h4-11,13H,3,12H2,1-2H3,(H,21,23)(H,22,24)/t13-/m0/s1. The number of halogens is 1. The average Bonchev–Trinajstić information content (AvgIpc) is 2.63. The van der Waals surface area contributed by atoms with Gasteiger partial charge in [0.2, 0.25) is 11.8 Å². The quantitative estimate of drug-likeness (QED) is 0.697. The number of anilines is 2. The van der Waals surface area contributed by atoms with E-state index in [-0.39, 0.29) is 17.6 Å². The molecular formula is C19H21ClN2O3S. The number of thioether (sulfide) groups is 1. The van der Waals surface area contributed by atoms with E-state index >= 15 is 0 Å². The minimum Gasteiger partial charge on any atom is -0.492 e. The fraction of sp³-hybridized carbons (Fsp3) is 0.263. The van der Waals surface area contributed by atoms with Crippen molar-refractivity contribution in [3.8, 4) is 5.75 Å². The summed E-state index contributed by atoms with van der Waals surface area (Å²) in [6.07, 6.45) is 0. The van der Waals surface area contributed by atoms with Crippen LogP contribution in [0.1, 0.15) is 13.8 Å². The van der Waals surface area contributed by atoms with Gasteiger partial charge in [-0.25, -0.2) is 0 Å². The molecule has 0 aromatic heterocycles. The maximum atomic E-state index is 12.2. The zero-order valence-corrected chi connectivity index (χ0v) is 16.2. The van der Waals surface area contributed by atoms with Gasteiger partial charge in [0.05, 0.1) is 34.0 Å². The Hall–Kier alpha value is -2.18. The lowest BCUT2D eigenvalue weighted by Crippen LogP contribution is -2.25. The van der Waals surface area contributed by atoms with Crippen molar-refractivity contribution in [2.45, 2.75) is 19.1 Å². The lowest BCUT2D eigenvalue weighted by Gasteiger charge is -2.14. The van der Waals surface area contributed by atoms with Gasteiger partial charge in [0, 0.05) is 0 Å². The summed E-state index contributed by atoms with van der Waals surface area (Å²) >= 11 is 7.28. The monoisotopic (exact) mass is 392 g/mol. The number of carbonyl (C=O) groups is 2. The fourth-order valence-corrected chi connectivity index (χ4v) is 2.98. The molecule has 0 heterocycles. The number of carbonyl (C=O) groups excluding carboxylic acids is 2. The summed E-state index contributed by atoms with van der Waals surface area (Å²) in [6.45, 7) is 4.15. The van der Waals surface area contributed by atoms with Crippen molar-refractivity contribution in [1.82, 2.24) is 0 Å².